The van der Waals surface area contributed by atoms with Crippen LogP contribution in [0.15, 0.2) is 18.2 Å². The molecule has 1 fully saturated rings. The van der Waals surface area contributed by atoms with E-state index in [4.69, 9.17) is 11.6 Å². The van der Waals surface area contributed by atoms with Crippen molar-refractivity contribution < 1.29 is 5.11 Å². The van der Waals surface area contributed by atoms with Crippen molar-refractivity contribution in [2.45, 2.75) is 57.7 Å². The zero-order chi connectivity index (χ0) is 15.2. The first-order valence-corrected chi connectivity index (χ1v) is 8.41. The molecule has 0 saturated heterocycles. The second-order valence-electron chi connectivity index (χ2n) is 5.99. The summed E-state index contributed by atoms with van der Waals surface area (Å²) in [7, 11) is 2.04. The van der Waals surface area contributed by atoms with E-state index in [1.165, 1.54) is 12.0 Å². The topological polar surface area (TPSA) is 35.5 Å². The minimum Gasteiger partial charge on any atom is -0.391 e. The number of hydrogen-bond donors (Lipinski definition) is 2. The molecule has 0 aliphatic heterocycles. The molecule has 4 heteroatoms. The average Bonchev–Trinajstić information content (AvgIpc) is 2.47. The summed E-state index contributed by atoms with van der Waals surface area (Å²) in [5, 5.41) is 14.3. The Hall–Kier alpha value is -0.770. The minimum atomic E-state index is -0.245. The number of hydrogen-bond acceptors (Lipinski definition) is 3. The molecule has 2 atom stereocenters. The molecular weight excluding hydrogens is 284 g/mol. The van der Waals surface area contributed by atoms with Gasteiger partial charge in [0.05, 0.1) is 22.9 Å². The van der Waals surface area contributed by atoms with E-state index in [1.54, 1.807) is 0 Å². The Morgan fingerprint density at radius 1 is 1.33 bits per heavy atom. The van der Waals surface area contributed by atoms with Crippen LogP contribution in [0, 0.1) is 0 Å². The lowest BCUT2D eigenvalue weighted by atomic mass is 9.91. The molecule has 2 N–H and O–H groups in total. The van der Waals surface area contributed by atoms with E-state index >= 15 is 0 Å². The number of likely N-dealkylation sites (N-methyl/N-ethyl adjacent to an activating group) is 1. The fraction of sp³-hybridized carbons (Fsp3) is 0.647. The lowest BCUT2D eigenvalue weighted by molar-refractivity contribution is 0.106. The summed E-state index contributed by atoms with van der Waals surface area (Å²) in [5.41, 5.74) is 2.22. The molecule has 1 aliphatic rings. The van der Waals surface area contributed by atoms with Crippen LogP contribution in [-0.2, 0) is 6.54 Å². The highest BCUT2D eigenvalue weighted by molar-refractivity contribution is 6.33. The molecular formula is C17H27ClN2O. The van der Waals surface area contributed by atoms with E-state index < -0.39 is 0 Å². The van der Waals surface area contributed by atoms with Gasteiger partial charge < -0.3 is 15.3 Å². The highest BCUT2D eigenvalue weighted by atomic mass is 35.5. The SMILES string of the molecule is CCCNCc1ccc(N(C)C2CCCCC2O)c(Cl)c1. The fourth-order valence-corrected chi connectivity index (χ4v) is 3.41. The second kappa shape index (κ2) is 8.02. The first-order chi connectivity index (χ1) is 10.1. The predicted molar refractivity (Wildman–Crippen MR) is 90.1 cm³/mol. The molecule has 0 amide bonds. The van der Waals surface area contributed by atoms with Gasteiger partial charge in [0, 0.05) is 13.6 Å². The van der Waals surface area contributed by atoms with Crippen molar-refractivity contribution in [3.05, 3.63) is 28.8 Å². The number of nitrogens with one attached hydrogen (secondary N) is 1. The number of rotatable bonds is 6. The van der Waals surface area contributed by atoms with Crippen LogP contribution in [0.1, 0.15) is 44.6 Å². The highest BCUT2D eigenvalue weighted by Gasteiger charge is 2.27. The summed E-state index contributed by atoms with van der Waals surface area (Å²) in [6.07, 6.45) is 5.13. The number of aliphatic hydroxyl groups is 1. The van der Waals surface area contributed by atoms with Gasteiger partial charge in [-0.15, -0.1) is 0 Å². The van der Waals surface area contributed by atoms with Crippen molar-refractivity contribution in [1.82, 2.24) is 5.32 Å². The normalized spacial score (nSPS) is 22.3. The molecule has 21 heavy (non-hydrogen) atoms. The molecule has 3 nitrogen and oxygen atoms in total. The lowest BCUT2D eigenvalue weighted by Crippen LogP contribution is -2.43. The third kappa shape index (κ3) is 4.35. The van der Waals surface area contributed by atoms with E-state index in [2.05, 4.69) is 29.3 Å². The van der Waals surface area contributed by atoms with Gasteiger partial charge in [0.1, 0.15) is 0 Å². The fourth-order valence-electron chi connectivity index (χ4n) is 3.08. The Balaban J connectivity index is 2.05. The maximum atomic E-state index is 10.2. The maximum Gasteiger partial charge on any atom is 0.0743 e. The second-order valence-corrected chi connectivity index (χ2v) is 6.40. The molecule has 0 heterocycles. The van der Waals surface area contributed by atoms with Crippen LogP contribution in [0.4, 0.5) is 5.69 Å². The smallest absolute Gasteiger partial charge is 0.0743 e. The molecule has 118 valence electrons. The van der Waals surface area contributed by atoms with Gasteiger partial charge in [-0.3, -0.25) is 0 Å². The van der Waals surface area contributed by atoms with Gasteiger partial charge in [0.25, 0.3) is 0 Å². The van der Waals surface area contributed by atoms with Gasteiger partial charge in [-0.2, -0.15) is 0 Å². The first-order valence-electron chi connectivity index (χ1n) is 8.03. The van der Waals surface area contributed by atoms with Gasteiger partial charge in [0.15, 0.2) is 0 Å². The summed E-state index contributed by atoms with van der Waals surface area (Å²) in [6, 6.07) is 6.41. The molecule has 0 bridgehead atoms. The van der Waals surface area contributed by atoms with Crippen molar-refractivity contribution in [2.75, 3.05) is 18.5 Å². The maximum absolute atomic E-state index is 10.2. The van der Waals surface area contributed by atoms with Crippen LogP contribution in [0.5, 0.6) is 0 Å². The molecule has 1 aromatic rings. The van der Waals surface area contributed by atoms with E-state index in [1.807, 2.05) is 13.1 Å². The number of halogens is 1. The van der Waals surface area contributed by atoms with Gasteiger partial charge >= 0.3 is 0 Å². The lowest BCUT2D eigenvalue weighted by Gasteiger charge is -2.37. The largest absolute Gasteiger partial charge is 0.391 e. The molecule has 0 spiro atoms. The summed E-state index contributed by atoms with van der Waals surface area (Å²) < 4.78 is 0. The molecule has 1 saturated carbocycles. The molecule has 2 unspecified atom stereocenters. The zero-order valence-electron chi connectivity index (χ0n) is 13.1. The third-order valence-corrected chi connectivity index (χ3v) is 4.64. The zero-order valence-corrected chi connectivity index (χ0v) is 13.9. The Kier molecular flexibility index (Phi) is 6.34. The summed E-state index contributed by atoms with van der Waals surface area (Å²) >= 11 is 6.45. The first kappa shape index (κ1) is 16.6. The van der Waals surface area contributed by atoms with Crippen molar-refractivity contribution in [3.63, 3.8) is 0 Å². The average molecular weight is 311 g/mol. The van der Waals surface area contributed by atoms with Crippen LogP contribution < -0.4 is 10.2 Å². The van der Waals surface area contributed by atoms with Crippen LogP contribution in [0.3, 0.4) is 0 Å². The summed E-state index contributed by atoms with van der Waals surface area (Å²) in [4.78, 5) is 2.15. The summed E-state index contributed by atoms with van der Waals surface area (Å²) in [5.74, 6) is 0. The summed E-state index contributed by atoms with van der Waals surface area (Å²) in [6.45, 7) is 4.03. The Morgan fingerprint density at radius 3 is 2.76 bits per heavy atom. The van der Waals surface area contributed by atoms with E-state index in [-0.39, 0.29) is 12.1 Å². The van der Waals surface area contributed by atoms with Gasteiger partial charge in [-0.05, 0) is 43.5 Å². The third-order valence-electron chi connectivity index (χ3n) is 4.34. The molecule has 1 aromatic carbocycles. The Labute approximate surface area is 133 Å². The Morgan fingerprint density at radius 2 is 2.10 bits per heavy atom. The van der Waals surface area contributed by atoms with E-state index in [9.17, 15) is 5.11 Å². The van der Waals surface area contributed by atoms with Crippen LogP contribution in [0.25, 0.3) is 0 Å². The Bertz CT molecular complexity index is 452. The van der Waals surface area contributed by atoms with Gasteiger partial charge in [0.2, 0.25) is 0 Å². The minimum absolute atomic E-state index is 0.181. The monoisotopic (exact) mass is 310 g/mol. The van der Waals surface area contributed by atoms with Gasteiger partial charge in [-0.25, -0.2) is 0 Å². The number of anilines is 1. The van der Waals surface area contributed by atoms with Crippen LogP contribution >= 0.6 is 11.6 Å². The van der Waals surface area contributed by atoms with E-state index in [0.29, 0.717) is 0 Å². The van der Waals surface area contributed by atoms with Crippen molar-refractivity contribution >= 4 is 17.3 Å². The molecule has 0 aromatic heterocycles. The standard InChI is InChI=1S/C17H27ClN2O/c1-3-10-19-12-13-8-9-15(14(18)11-13)20(2)16-6-4-5-7-17(16)21/h8-9,11,16-17,19,21H,3-7,10,12H2,1-2H3. The molecule has 0 radical (unpaired) electrons. The van der Waals surface area contributed by atoms with Crippen molar-refractivity contribution in [1.29, 1.82) is 0 Å². The van der Waals surface area contributed by atoms with Crippen LogP contribution in [0.2, 0.25) is 5.02 Å². The van der Waals surface area contributed by atoms with Crippen molar-refractivity contribution in [3.8, 4) is 0 Å². The number of nitrogens with zero attached hydrogens (tertiary/aromatic N) is 1. The number of benzene rings is 1. The van der Waals surface area contributed by atoms with Gasteiger partial charge in [-0.1, -0.05) is 37.4 Å². The quantitative estimate of drug-likeness (QED) is 0.788. The highest BCUT2D eigenvalue weighted by Crippen LogP contribution is 2.31. The van der Waals surface area contributed by atoms with Crippen molar-refractivity contribution in [2.24, 2.45) is 0 Å². The molecule has 1 aliphatic carbocycles. The predicted octanol–water partition coefficient (Wildman–Crippen LogP) is 3.58. The number of aliphatic hydroxyl groups excluding tert-OH is 1. The van der Waals surface area contributed by atoms with E-state index in [0.717, 1.165) is 49.5 Å². The molecule has 2 rings (SSSR count). The van der Waals surface area contributed by atoms with Crippen LogP contribution in [-0.4, -0.2) is 30.8 Å².